The summed E-state index contributed by atoms with van der Waals surface area (Å²) in [6, 6.07) is 0. The maximum absolute atomic E-state index is 11.6. The summed E-state index contributed by atoms with van der Waals surface area (Å²) >= 11 is 0. The Morgan fingerprint density at radius 1 is 1.60 bits per heavy atom. The lowest BCUT2D eigenvalue weighted by atomic mass is 10.1. The lowest BCUT2D eigenvalue weighted by molar-refractivity contribution is -0.117. The molecule has 82 valence electrons. The molecule has 1 aromatic heterocycles. The number of carbonyl (C=O) groups excluding carboxylic acids is 1. The summed E-state index contributed by atoms with van der Waals surface area (Å²) in [5.74, 6) is 0.532. The van der Waals surface area contributed by atoms with Gasteiger partial charge in [-0.15, -0.1) is 0 Å². The van der Waals surface area contributed by atoms with Crippen molar-refractivity contribution in [3.05, 3.63) is 11.3 Å². The van der Waals surface area contributed by atoms with E-state index in [4.69, 9.17) is 9.63 Å². The van der Waals surface area contributed by atoms with Gasteiger partial charge >= 0.3 is 0 Å². The van der Waals surface area contributed by atoms with Gasteiger partial charge in [-0.2, -0.15) is 0 Å². The van der Waals surface area contributed by atoms with Crippen LogP contribution in [0.5, 0.6) is 0 Å². The predicted molar refractivity (Wildman–Crippen MR) is 53.5 cm³/mol. The van der Waals surface area contributed by atoms with Crippen molar-refractivity contribution >= 4 is 11.8 Å². The van der Waals surface area contributed by atoms with Gasteiger partial charge in [0.25, 0.3) is 0 Å². The summed E-state index contributed by atoms with van der Waals surface area (Å²) in [6.45, 7) is 4.27. The second-order valence-electron chi connectivity index (χ2n) is 3.96. The molecule has 0 bridgehead atoms. The van der Waals surface area contributed by atoms with Gasteiger partial charge in [-0.05, 0) is 13.8 Å². The van der Waals surface area contributed by atoms with Gasteiger partial charge in [-0.3, -0.25) is 9.69 Å². The molecule has 1 aliphatic heterocycles. The van der Waals surface area contributed by atoms with E-state index in [1.165, 1.54) is 0 Å². The second kappa shape index (κ2) is 3.66. The van der Waals surface area contributed by atoms with Crippen molar-refractivity contribution < 1.29 is 14.4 Å². The van der Waals surface area contributed by atoms with Gasteiger partial charge in [0.05, 0.1) is 5.69 Å². The maximum Gasteiger partial charge on any atom is 0.237 e. The minimum Gasteiger partial charge on any atom is -0.396 e. The minimum absolute atomic E-state index is 0.00620. The fourth-order valence-corrected chi connectivity index (χ4v) is 1.76. The summed E-state index contributed by atoms with van der Waals surface area (Å²) in [5, 5.41) is 12.8. The van der Waals surface area contributed by atoms with Crippen LogP contribution in [0.4, 0.5) is 5.88 Å². The van der Waals surface area contributed by atoms with Gasteiger partial charge in [0.15, 0.2) is 0 Å². The van der Waals surface area contributed by atoms with E-state index in [1.807, 2.05) is 13.8 Å². The van der Waals surface area contributed by atoms with Crippen molar-refractivity contribution in [3.8, 4) is 0 Å². The number of aryl methyl sites for hydroxylation is 1. The van der Waals surface area contributed by atoms with Crippen molar-refractivity contribution in [2.45, 2.75) is 20.3 Å². The molecule has 1 saturated heterocycles. The van der Waals surface area contributed by atoms with Gasteiger partial charge in [0.1, 0.15) is 0 Å². The highest BCUT2D eigenvalue weighted by Gasteiger charge is 2.33. The van der Waals surface area contributed by atoms with Crippen LogP contribution in [0, 0.1) is 19.8 Å². The fraction of sp³-hybridized carbons (Fsp3) is 0.600. The van der Waals surface area contributed by atoms with Crippen molar-refractivity contribution in [2.75, 3.05) is 18.1 Å². The number of amides is 1. The fourth-order valence-electron chi connectivity index (χ4n) is 1.76. The van der Waals surface area contributed by atoms with Crippen LogP contribution in [0.15, 0.2) is 4.52 Å². The molecule has 2 rings (SSSR count). The molecule has 5 nitrogen and oxygen atoms in total. The highest BCUT2D eigenvalue weighted by Crippen LogP contribution is 2.28. The first-order valence-electron chi connectivity index (χ1n) is 4.97. The first-order chi connectivity index (χ1) is 7.13. The monoisotopic (exact) mass is 210 g/mol. The number of nitrogens with zero attached hydrogens (tertiary/aromatic N) is 2. The van der Waals surface area contributed by atoms with Crippen LogP contribution in [0.2, 0.25) is 0 Å². The molecule has 0 aromatic carbocycles. The van der Waals surface area contributed by atoms with Crippen LogP contribution < -0.4 is 4.90 Å². The number of rotatable bonds is 2. The van der Waals surface area contributed by atoms with Crippen molar-refractivity contribution in [2.24, 2.45) is 5.92 Å². The summed E-state index contributed by atoms with van der Waals surface area (Å²) in [7, 11) is 0. The highest BCUT2D eigenvalue weighted by molar-refractivity contribution is 5.95. The van der Waals surface area contributed by atoms with E-state index in [2.05, 4.69) is 5.16 Å². The van der Waals surface area contributed by atoms with Gasteiger partial charge in [-0.25, -0.2) is 0 Å². The average Bonchev–Trinajstić information content (AvgIpc) is 2.73. The van der Waals surface area contributed by atoms with Crippen molar-refractivity contribution in [1.29, 1.82) is 0 Å². The second-order valence-corrected chi connectivity index (χ2v) is 3.96. The summed E-state index contributed by atoms with van der Waals surface area (Å²) in [6.07, 6.45) is 0.385. The Bertz CT molecular complexity index is 386. The maximum atomic E-state index is 11.6. The van der Waals surface area contributed by atoms with E-state index >= 15 is 0 Å². The van der Waals surface area contributed by atoms with Gasteiger partial charge in [-0.1, -0.05) is 5.16 Å². The van der Waals surface area contributed by atoms with E-state index in [0.29, 0.717) is 18.8 Å². The van der Waals surface area contributed by atoms with E-state index in [1.54, 1.807) is 4.90 Å². The molecular formula is C10H14N2O3. The quantitative estimate of drug-likeness (QED) is 0.777. The van der Waals surface area contributed by atoms with Crippen LogP contribution in [0.1, 0.15) is 17.7 Å². The lowest BCUT2D eigenvalue weighted by Gasteiger charge is -2.12. The molecule has 2 heterocycles. The molecule has 1 atom stereocenters. The van der Waals surface area contributed by atoms with Crippen LogP contribution >= 0.6 is 0 Å². The van der Waals surface area contributed by atoms with E-state index in [-0.39, 0.29) is 18.4 Å². The van der Waals surface area contributed by atoms with Crippen LogP contribution in [-0.4, -0.2) is 29.3 Å². The number of hydrogen-bond acceptors (Lipinski definition) is 4. The van der Waals surface area contributed by atoms with Gasteiger partial charge in [0, 0.05) is 31.1 Å². The first-order valence-corrected chi connectivity index (χ1v) is 4.97. The number of aliphatic hydroxyl groups is 1. The first kappa shape index (κ1) is 10.2. The molecular weight excluding hydrogens is 196 g/mol. The van der Waals surface area contributed by atoms with Crippen LogP contribution in [-0.2, 0) is 4.79 Å². The molecule has 0 radical (unpaired) electrons. The van der Waals surface area contributed by atoms with Gasteiger partial charge < -0.3 is 9.63 Å². The Kier molecular flexibility index (Phi) is 2.48. The molecule has 0 aliphatic carbocycles. The molecule has 1 amide bonds. The number of hydrogen-bond donors (Lipinski definition) is 1. The highest BCUT2D eigenvalue weighted by atomic mass is 16.5. The lowest BCUT2D eigenvalue weighted by Crippen LogP contribution is -2.25. The largest absolute Gasteiger partial charge is 0.396 e. The Morgan fingerprint density at radius 3 is 2.80 bits per heavy atom. The van der Waals surface area contributed by atoms with Crippen LogP contribution in [0.25, 0.3) is 0 Å². The van der Waals surface area contributed by atoms with Crippen molar-refractivity contribution in [1.82, 2.24) is 5.16 Å². The summed E-state index contributed by atoms with van der Waals surface area (Å²) < 4.78 is 5.12. The molecule has 1 N–H and O–H groups in total. The standard InChI is InChI=1S/C10H14N2O3/c1-6-7(2)11-15-10(6)12-4-8(5-13)3-9(12)14/h8,13H,3-5H2,1-2H3. The third-order valence-electron chi connectivity index (χ3n) is 2.84. The Labute approximate surface area is 87.7 Å². The number of aliphatic hydroxyl groups excluding tert-OH is 1. The molecule has 15 heavy (non-hydrogen) atoms. The zero-order valence-electron chi connectivity index (χ0n) is 8.86. The van der Waals surface area contributed by atoms with Crippen molar-refractivity contribution in [3.63, 3.8) is 0 Å². The molecule has 1 aliphatic rings. The molecule has 5 heteroatoms. The van der Waals surface area contributed by atoms with Gasteiger partial charge in [0.2, 0.25) is 11.8 Å². The molecule has 1 unspecified atom stereocenters. The Balaban J connectivity index is 2.25. The molecule has 1 aromatic rings. The van der Waals surface area contributed by atoms with E-state index in [0.717, 1.165) is 11.3 Å². The van der Waals surface area contributed by atoms with Crippen LogP contribution in [0.3, 0.4) is 0 Å². The smallest absolute Gasteiger partial charge is 0.237 e. The SMILES string of the molecule is Cc1noc(N2CC(CO)CC2=O)c1C. The number of anilines is 1. The normalized spacial score (nSPS) is 21.4. The third kappa shape index (κ3) is 1.63. The Hall–Kier alpha value is -1.36. The summed E-state index contributed by atoms with van der Waals surface area (Å²) in [4.78, 5) is 13.2. The zero-order chi connectivity index (χ0) is 11.0. The zero-order valence-corrected chi connectivity index (χ0v) is 8.86. The van der Waals surface area contributed by atoms with E-state index in [9.17, 15) is 4.79 Å². The number of carbonyl (C=O) groups is 1. The molecule has 0 saturated carbocycles. The molecule has 0 spiro atoms. The van der Waals surface area contributed by atoms with E-state index < -0.39 is 0 Å². The predicted octanol–water partition coefficient (Wildman–Crippen LogP) is 0.637. The minimum atomic E-state index is -0.00620. The molecule has 1 fully saturated rings. The number of aromatic nitrogens is 1. The summed E-state index contributed by atoms with van der Waals surface area (Å²) in [5.41, 5.74) is 1.69. The average molecular weight is 210 g/mol. The third-order valence-corrected chi connectivity index (χ3v) is 2.84. The topological polar surface area (TPSA) is 66.6 Å². The Morgan fingerprint density at radius 2 is 2.33 bits per heavy atom.